The van der Waals surface area contributed by atoms with Gasteiger partial charge in [-0.1, -0.05) is 31.9 Å². The Kier molecular flexibility index (Phi) is 3.86. The minimum atomic E-state index is -0.412. The lowest BCUT2D eigenvalue weighted by atomic mass is 9.87. The first kappa shape index (κ1) is 12.2. The van der Waals surface area contributed by atoms with Gasteiger partial charge in [-0.15, -0.1) is 0 Å². The monoisotopic (exact) mass is 209 g/mol. The third-order valence-corrected chi connectivity index (χ3v) is 2.88. The lowest BCUT2D eigenvalue weighted by Crippen LogP contribution is -2.33. The smallest absolute Gasteiger partial charge is 0.126 e. The van der Waals surface area contributed by atoms with Gasteiger partial charge in [0.05, 0.1) is 0 Å². The molecule has 1 nitrogen and oxygen atoms in total. The first-order valence-corrected chi connectivity index (χ1v) is 5.53. The summed E-state index contributed by atoms with van der Waals surface area (Å²) in [6.45, 7) is 5.86. The maximum atomic E-state index is 13.4. The van der Waals surface area contributed by atoms with Crippen molar-refractivity contribution >= 4 is 0 Å². The molecule has 0 aliphatic heterocycles. The molecule has 1 atom stereocenters. The first-order valence-electron chi connectivity index (χ1n) is 5.53. The van der Waals surface area contributed by atoms with Crippen molar-refractivity contribution in [3.05, 3.63) is 35.1 Å². The SMILES string of the molecule is CCCCC(C)(N)c1ccc(C)c(F)c1. The molecular formula is C13H20FN. The number of nitrogens with two attached hydrogens (primary N) is 1. The van der Waals surface area contributed by atoms with Gasteiger partial charge in [0, 0.05) is 5.54 Å². The molecule has 2 heteroatoms. The van der Waals surface area contributed by atoms with Crippen molar-refractivity contribution in [2.75, 3.05) is 0 Å². The van der Waals surface area contributed by atoms with Crippen molar-refractivity contribution in [1.29, 1.82) is 0 Å². The molecule has 0 aliphatic carbocycles. The standard InChI is InChI=1S/C13H20FN/c1-4-5-8-13(3,15)11-7-6-10(2)12(14)9-11/h6-7,9H,4-5,8,15H2,1-3H3. The van der Waals surface area contributed by atoms with E-state index in [2.05, 4.69) is 6.92 Å². The van der Waals surface area contributed by atoms with Crippen LogP contribution in [0.3, 0.4) is 0 Å². The van der Waals surface area contributed by atoms with Gasteiger partial charge >= 0.3 is 0 Å². The van der Waals surface area contributed by atoms with Crippen LogP contribution >= 0.6 is 0 Å². The fourth-order valence-electron chi connectivity index (χ4n) is 1.64. The quantitative estimate of drug-likeness (QED) is 0.807. The van der Waals surface area contributed by atoms with Gasteiger partial charge in [-0.25, -0.2) is 4.39 Å². The van der Waals surface area contributed by atoms with E-state index in [1.807, 2.05) is 13.0 Å². The molecule has 1 unspecified atom stereocenters. The number of rotatable bonds is 4. The minimum Gasteiger partial charge on any atom is -0.322 e. The average Bonchev–Trinajstić information content (AvgIpc) is 2.19. The Balaban J connectivity index is 2.89. The predicted octanol–water partition coefficient (Wildman–Crippen LogP) is 3.50. The molecule has 1 aromatic rings. The van der Waals surface area contributed by atoms with E-state index in [0.717, 1.165) is 24.8 Å². The summed E-state index contributed by atoms with van der Waals surface area (Å²) in [5.74, 6) is -0.166. The molecule has 1 rings (SSSR count). The van der Waals surface area contributed by atoms with Crippen LogP contribution in [-0.2, 0) is 5.54 Å². The Morgan fingerprint density at radius 2 is 2.07 bits per heavy atom. The Hall–Kier alpha value is -0.890. The topological polar surface area (TPSA) is 26.0 Å². The van der Waals surface area contributed by atoms with E-state index in [4.69, 9.17) is 5.73 Å². The third kappa shape index (κ3) is 3.03. The van der Waals surface area contributed by atoms with Crippen molar-refractivity contribution in [3.63, 3.8) is 0 Å². The van der Waals surface area contributed by atoms with Crippen molar-refractivity contribution in [3.8, 4) is 0 Å². The zero-order chi connectivity index (χ0) is 11.5. The summed E-state index contributed by atoms with van der Waals surface area (Å²) in [6.07, 6.45) is 3.08. The minimum absolute atomic E-state index is 0.166. The molecule has 0 radical (unpaired) electrons. The van der Waals surface area contributed by atoms with E-state index >= 15 is 0 Å². The van der Waals surface area contributed by atoms with Gasteiger partial charge in [0.1, 0.15) is 5.82 Å². The Labute approximate surface area is 91.5 Å². The second-order valence-corrected chi connectivity index (χ2v) is 4.48. The van der Waals surface area contributed by atoms with Crippen LogP contribution in [0.4, 0.5) is 4.39 Å². The molecule has 0 fully saturated rings. The summed E-state index contributed by atoms with van der Waals surface area (Å²) in [6, 6.07) is 5.28. The normalized spacial score (nSPS) is 15.0. The highest BCUT2D eigenvalue weighted by molar-refractivity contribution is 5.28. The van der Waals surface area contributed by atoms with Gasteiger partial charge in [-0.3, -0.25) is 0 Å². The van der Waals surface area contributed by atoms with E-state index < -0.39 is 5.54 Å². The highest BCUT2D eigenvalue weighted by Gasteiger charge is 2.20. The summed E-state index contributed by atoms with van der Waals surface area (Å²) >= 11 is 0. The molecule has 0 heterocycles. The summed E-state index contributed by atoms with van der Waals surface area (Å²) in [4.78, 5) is 0. The van der Waals surface area contributed by atoms with E-state index in [1.54, 1.807) is 19.1 Å². The Bertz CT molecular complexity index is 331. The predicted molar refractivity (Wildman–Crippen MR) is 62.2 cm³/mol. The van der Waals surface area contributed by atoms with Crippen molar-refractivity contribution in [2.24, 2.45) is 5.73 Å². The molecule has 0 saturated carbocycles. The van der Waals surface area contributed by atoms with Gasteiger partial charge < -0.3 is 5.73 Å². The zero-order valence-corrected chi connectivity index (χ0v) is 9.81. The number of hydrogen-bond donors (Lipinski definition) is 1. The maximum absolute atomic E-state index is 13.4. The highest BCUT2D eigenvalue weighted by Crippen LogP contribution is 2.25. The van der Waals surface area contributed by atoms with Crippen LogP contribution in [0.15, 0.2) is 18.2 Å². The van der Waals surface area contributed by atoms with E-state index in [9.17, 15) is 4.39 Å². The molecule has 0 spiro atoms. The molecule has 84 valence electrons. The van der Waals surface area contributed by atoms with Crippen molar-refractivity contribution in [2.45, 2.75) is 45.6 Å². The summed E-state index contributed by atoms with van der Waals surface area (Å²) in [5.41, 5.74) is 7.32. The first-order chi connectivity index (χ1) is 6.97. The number of hydrogen-bond acceptors (Lipinski definition) is 1. The Morgan fingerprint density at radius 3 is 2.60 bits per heavy atom. The van der Waals surface area contributed by atoms with Crippen LogP contribution in [0.1, 0.15) is 44.2 Å². The molecule has 0 saturated heterocycles. The van der Waals surface area contributed by atoms with Crippen molar-refractivity contribution < 1.29 is 4.39 Å². The van der Waals surface area contributed by atoms with Crippen LogP contribution in [0, 0.1) is 12.7 Å². The fraction of sp³-hybridized carbons (Fsp3) is 0.538. The molecule has 0 aliphatic rings. The van der Waals surface area contributed by atoms with E-state index in [0.29, 0.717) is 5.56 Å². The molecule has 0 aromatic heterocycles. The molecule has 15 heavy (non-hydrogen) atoms. The van der Waals surface area contributed by atoms with Crippen LogP contribution in [0.2, 0.25) is 0 Å². The molecule has 0 bridgehead atoms. The second-order valence-electron chi connectivity index (χ2n) is 4.48. The number of aryl methyl sites for hydroxylation is 1. The van der Waals surface area contributed by atoms with Gasteiger partial charge in [0.25, 0.3) is 0 Å². The lowest BCUT2D eigenvalue weighted by Gasteiger charge is -2.25. The van der Waals surface area contributed by atoms with Gasteiger partial charge in [0.15, 0.2) is 0 Å². The summed E-state index contributed by atoms with van der Waals surface area (Å²) < 4.78 is 13.4. The Morgan fingerprint density at radius 1 is 1.40 bits per heavy atom. The van der Waals surface area contributed by atoms with Crippen LogP contribution in [-0.4, -0.2) is 0 Å². The average molecular weight is 209 g/mol. The van der Waals surface area contributed by atoms with Crippen LogP contribution in [0.5, 0.6) is 0 Å². The van der Waals surface area contributed by atoms with Gasteiger partial charge in [-0.2, -0.15) is 0 Å². The second kappa shape index (κ2) is 4.75. The van der Waals surface area contributed by atoms with E-state index in [1.165, 1.54) is 0 Å². The van der Waals surface area contributed by atoms with Gasteiger partial charge in [0.2, 0.25) is 0 Å². The highest BCUT2D eigenvalue weighted by atomic mass is 19.1. The van der Waals surface area contributed by atoms with Crippen LogP contribution < -0.4 is 5.73 Å². The molecular weight excluding hydrogens is 189 g/mol. The third-order valence-electron chi connectivity index (χ3n) is 2.88. The molecule has 1 aromatic carbocycles. The summed E-state index contributed by atoms with van der Waals surface area (Å²) in [5, 5.41) is 0. The fourth-order valence-corrected chi connectivity index (χ4v) is 1.64. The van der Waals surface area contributed by atoms with Crippen LogP contribution in [0.25, 0.3) is 0 Å². The summed E-state index contributed by atoms with van der Waals surface area (Å²) in [7, 11) is 0. The van der Waals surface area contributed by atoms with Crippen molar-refractivity contribution in [1.82, 2.24) is 0 Å². The number of benzene rings is 1. The zero-order valence-electron chi connectivity index (χ0n) is 9.81. The molecule has 0 amide bonds. The van der Waals surface area contributed by atoms with Gasteiger partial charge in [-0.05, 0) is 37.5 Å². The van der Waals surface area contributed by atoms with E-state index in [-0.39, 0.29) is 5.82 Å². The largest absolute Gasteiger partial charge is 0.322 e. The number of unbranched alkanes of at least 4 members (excludes halogenated alkanes) is 1. The molecule has 2 N–H and O–H groups in total. The maximum Gasteiger partial charge on any atom is 0.126 e. The lowest BCUT2D eigenvalue weighted by molar-refractivity contribution is 0.430. The number of halogens is 1.